The number of imidazole rings is 4. The van der Waals surface area contributed by atoms with Gasteiger partial charge in [-0.05, 0) is 154 Å². The smallest absolute Gasteiger partial charge is 0.264 e. The Labute approximate surface area is 749 Å². The molecule has 0 radical (unpaired) electrons. The number of aromatic nitrogens is 19. The molecule has 7 N–H and O–H groups in total. The lowest BCUT2D eigenvalue weighted by atomic mass is 9.97. The summed E-state index contributed by atoms with van der Waals surface area (Å²) in [6.45, 7) is 15.2. The van der Waals surface area contributed by atoms with Gasteiger partial charge in [-0.3, -0.25) is 37.7 Å². The monoisotopic (exact) mass is 1770 g/mol. The zero-order valence-electron chi connectivity index (χ0n) is 71.1. The highest BCUT2D eigenvalue weighted by molar-refractivity contribution is 6.36. The minimum absolute atomic E-state index is 0.0796. The number of aryl methyl sites for hydroxylation is 6. The fraction of sp³-hybridized carbons (Fsp3) is 0.168. The van der Waals surface area contributed by atoms with Crippen LogP contribution >= 0.6 is 46.4 Å². The van der Waals surface area contributed by atoms with Crippen LogP contribution in [-0.4, -0.2) is 104 Å². The van der Waals surface area contributed by atoms with Gasteiger partial charge in [-0.15, -0.1) is 0 Å². The molecular formula is C95H89Cl4N23O5. The Kier molecular flexibility index (Phi) is 29.1. The third-order valence-electron chi connectivity index (χ3n) is 20.5. The molecule has 0 saturated heterocycles. The van der Waals surface area contributed by atoms with Crippen LogP contribution in [0.3, 0.4) is 0 Å². The van der Waals surface area contributed by atoms with Crippen LogP contribution < -0.4 is 38.8 Å². The molecule has 11 heterocycles. The van der Waals surface area contributed by atoms with Crippen molar-refractivity contribution in [2.75, 3.05) is 10.6 Å². The summed E-state index contributed by atoms with van der Waals surface area (Å²) in [7, 11) is 5.72. The molecule has 1 amide bonds. The highest BCUT2D eigenvalue weighted by Crippen LogP contribution is 2.32. The maximum absolute atomic E-state index is 13.6. The lowest BCUT2D eigenvalue weighted by Crippen LogP contribution is -2.25. The molecule has 0 bridgehead atoms. The number of halogens is 4. The van der Waals surface area contributed by atoms with Gasteiger partial charge in [0.25, 0.3) is 22.6 Å². The molecule has 127 heavy (non-hydrogen) atoms. The summed E-state index contributed by atoms with van der Waals surface area (Å²) in [6, 6.07) is 64.2. The minimum Gasteiger partial charge on any atom is -0.360 e. The molecule has 0 saturated carbocycles. The molecule has 0 aliphatic carbocycles. The number of rotatable bonds is 13. The van der Waals surface area contributed by atoms with Crippen molar-refractivity contribution in [2.45, 2.75) is 79.9 Å². The van der Waals surface area contributed by atoms with Gasteiger partial charge in [-0.1, -0.05) is 182 Å². The van der Waals surface area contributed by atoms with E-state index in [2.05, 4.69) is 75.4 Å². The van der Waals surface area contributed by atoms with Crippen LogP contribution in [0.25, 0.3) is 94.0 Å². The number of nitrogens with one attached hydrogen (secondary N) is 3. The molecule has 3 atom stereocenters. The number of amides is 1. The number of Topliss-reactive ketones (excluding diaryl/α,β-unsaturated/α-hetero) is 1. The number of H-pyrrole nitrogens is 1. The largest absolute Gasteiger partial charge is 0.360 e. The number of para-hydroxylation sites is 4. The van der Waals surface area contributed by atoms with Gasteiger partial charge in [0.1, 0.15) is 53.2 Å². The number of nitrogens with zero attached hydrogens (tertiary/aromatic N) is 18. The standard InChI is InChI=1S/C23H19ClN6O.C18H18ClNO2.2C17H15ClN2O.2C7H8N4.C6H6N4/c1-14(28-21-20-22(26-12-25-21)29(2)13-27-20)18-11-15-7-6-10-17(24)19(15)23(31)30(18)16-8-4-3-5-9-16;1-12(2)16(21)11-13-7-6-10-15(19)17(13)18(22)20-14-8-4-3-5-9-14;2*1-11(19)15-10-12-6-5-9-14(18)16(12)17(21)20(15)13-7-3-2-4-8-13;2*1-5-6-7(9-3-8-5)11(2)4-10-6;1-4-5-6(9-2-7-4)10-3-8-5/h3-14H,1-2H3,(H,25,26,28);3-10,12H,11H2,1-2H3,(H,20,22);2*2-11H,19H2,1H3;2*3-4H,1-2H3;2-3H,1H3,(H,7,8,9,10)/t14-;;2*11-;;;/m0.00.../s1. The molecule has 11 aromatic heterocycles. The first-order valence-electron chi connectivity index (χ1n) is 40.2. The lowest BCUT2D eigenvalue weighted by molar-refractivity contribution is -0.121. The van der Waals surface area contributed by atoms with E-state index in [1.165, 1.54) is 12.7 Å². The summed E-state index contributed by atoms with van der Waals surface area (Å²) in [4.78, 5) is 116. The van der Waals surface area contributed by atoms with E-state index in [9.17, 15) is 24.0 Å². The Morgan fingerprint density at radius 3 is 1.22 bits per heavy atom. The number of aromatic amines is 1. The van der Waals surface area contributed by atoms with Crippen molar-refractivity contribution >= 4 is 147 Å². The van der Waals surface area contributed by atoms with Gasteiger partial charge in [0.15, 0.2) is 28.4 Å². The quantitative estimate of drug-likeness (QED) is 0.0716. The molecule has 0 unspecified atom stereocenters. The van der Waals surface area contributed by atoms with E-state index in [1.807, 2.05) is 254 Å². The first-order chi connectivity index (χ1) is 61.2. The molecule has 0 aliphatic rings. The molecule has 19 rings (SSSR count). The SMILES string of the molecule is CC(C)C(=O)Cc1cccc(Cl)c1C(=O)Nc1ccccc1.C[C@H](N)c1cc2cccc(Cl)c2c(=O)n1-c1ccccc1.C[C@H](N)c1cc2cccc(Cl)c2c(=O)n1-c1ccccc1.C[C@H](Nc1ncnc2c1ncn2C)c1cc2cccc(Cl)c2c(=O)n1-c1ccccc1.Cc1ncnc2c1ncn2C.Cc1ncnc2c1ncn2C.Cc1ncnc2nc[nH]c12. The summed E-state index contributed by atoms with van der Waals surface area (Å²) in [5.74, 6) is 0.305. The Morgan fingerprint density at radius 1 is 0.417 bits per heavy atom. The second-order valence-corrected chi connectivity index (χ2v) is 31.5. The highest BCUT2D eigenvalue weighted by atomic mass is 35.5. The van der Waals surface area contributed by atoms with Gasteiger partial charge in [0, 0.05) is 85.4 Å². The number of pyridine rings is 3. The van der Waals surface area contributed by atoms with Crippen LogP contribution in [0.1, 0.15) is 103 Å². The summed E-state index contributed by atoms with van der Waals surface area (Å²) in [5.41, 5.74) is 27.4. The van der Waals surface area contributed by atoms with Gasteiger partial charge in [0.2, 0.25) is 0 Å². The van der Waals surface area contributed by atoms with Crippen LogP contribution in [0.15, 0.2) is 277 Å². The van der Waals surface area contributed by atoms with Crippen molar-refractivity contribution in [2.24, 2.45) is 38.5 Å². The van der Waals surface area contributed by atoms with Crippen LogP contribution in [0.4, 0.5) is 11.5 Å². The number of hydrogen-bond donors (Lipinski definition) is 5. The summed E-state index contributed by atoms with van der Waals surface area (Å²) >= 11 is 25.0. The van der Waals surface area contributed by atoms with Gasteiger partial charge in [-0.25, -0.2) is 59.8 Å². The Bertz CT molecular complexity index is 7120. The van der Waals surface area contributed by atoms with E-state index in [1.54, 1.807) is 100 Å². The topological polar surface area (TPSA) is 361 Å². The Balaban J connectivity index is 0.000000131. The van der Waals surface area contributed by atoms with E-state index in [0.717, 1.165) is 107 Å². The van der Waals surface area contributed by atoms with Crippen molar-refractivity contribution in [3.05, 3.63) is 359 Å². The van der Waals surface area contributed by atoms with E-state index < -0.39 is 0 Å². The second kappa shape index (κ2) is 40.9. The van der Waals surface area contributed by atoms with Gasteiger partial charge < -0.3 is 40.8 Å². The number of fused-ring (bicyclic) bond motifs is 7. The van der Waals surface area contributed by atoms with Crippen molar-refractivity contribution in [3.63, 3.8) is 0 Å². The molecule has 0 spiro atoms. The van der Waals surface area contributed by atoms with Crippen LogP contribution in [-0.2, 0) is 32.4 Å². The molecule has 8 aromatic carbocycles. The number of ketones is 1. The molecule has 0 aliphatic heterocycles. The maximum atomic E-state index is 13.6. The van der Waals surface area contributed by atoms with Gasteiger partial charge >= 0.3 is 0 Å². The van der Waals surface area contributed by atoms with E-state index in [4.69, 9.17) is 57.9 Å². The van der Waals surface area contributed by atoms with Crippen LogP contribution in [0.5, 0.6) is 0 Å². The van der Waals surface area contributed by atoms with E-state index in [0.29, 0.717) is 64.4 Å². The molecule has 19 aromatic rings. The average molecular weight is 1770 g/mol. The number of nitrogens with two attached hydrogens (primary N) is 2. The summed E-state index contributed by atoms with van der Waals surface area (Å²) < 4.78 is 10.6. The molecule has 642 valence electrons. The summed E-state index contributed by atoms with van der Waals surface area (Å²) in [6.07, 6.45) is 13.1. The summed E-state index contributed by atoms with van der Waals surface area (Å²) in [5, 5.41) is 11.9. The maximum Gasteiger partial charge on any atom is 0.264 e. The van der Waals surface area contributed by atoms with Gasteiger partial charge in [0.05, 0.1) is 90.2 Å². The number of hydrogen-bond acceptors (Lipinski definition) is 20. The zero-order chi connectivity index (χ0) is 90.3. The zero-order valence-corrected chi connectivity index (χ0v) is 74.1. The van der Waals surface area contributed by atoms with E-state index in [-0.39, 0.29) is 58.8 Å². The molecule has 32 heteroatoms. The first kappa shape index (κ1) is 90.3. The van der Waals surface area contributed by atoms with Gasteiger partial charge in [-0.2, -0.15) is 0 Å². The fourth-order valence-corrected chi connectivity index (χ4v) is 15.0. The first-order valence-corrected chi connectivity index (χ1v) is 41.7. The van der Waals surface area contributed by atoms with E-state index >= 15 is 0 Å². The molecular weight excluding hydrogens is 1690 g/mol. The minimum atomic E-state index is -0.302. The average Bonchev–Trinajstić information content (AvgIpc) is 1.49. The molecule has 28 nitrogen and oxygen atoms in total. The third kappa shape index (κ3) is 20.7. The fourth-order valence-electron chi connectivity index (χ4n) is 14.0. The normalized spacial score (nSPS) is 11.7. The van der Waals surface area contributed by atoms with Crippen molar-refractivity contribution in [1.29, 1.82) is 0 Å². The highest BCUT2D eigenvalue weighted by Gasteiger charge is 2.24. The third-order valence-corrected chi connectivity index (χ3v) is 21.7. The predicted octanol–water partition coefficient (Wildman–Crippen LogP) is 18.2. The lowest BCUT2D eigenvalue weighted by Gasteiger charge is -2.21. The number of anilines is 2. The molecule has 0 fully saturated rings. The number of benzene rings is 8. The number of carbonyl (C=O) groups is 2. The van der Waals surface area contributed by atoms with Crippen LogP contribution in [0.2, 0.25) is 20.1 Å². The van der Waals surface area contributed by atoms with Crippen molar-refractivity contribution < 1.29 is 9.59 Å². The van der Waals surface area contributed by atoms with Crippen LogP contribution in [0, 0.1) is 26.7 Å². The Morgan fingerprint density at radius 2 is 0.795 bits per heavy atom. The van der Waals surface area contributed by atoms with Crippen molar-refractivity contribution in [1.82, 2.24) is 92.2 Å². The second-order valence-electron chi connectivity index (χ2n) is 29.9. The number of carbonyl (C=O) groups excluding carboxylic acids is 2. The van der Waals surface area contributed by atoms with Crippen molar-refractivity contribution in [3.8, 4) is 17.1 Å². The predicted molar refractivity (Wildman–Crippen MR) is 505 cm³/mol. The Hall–Kier alpha value is -14.4.